The van der Waals surface area contributed by atoms with Gasteiger partial charge >= 0.3 is 0 Å². The van der Waals surface area contributed by atoms with Crippen LogP contribution in [0.1, 0.15) is 44.0 Å². The van der Waals surface area contributed by atoms with Gasteiger partial charge in [-0.05, 0) is 19.8 Å². The third-order valence-corrected chi connectivity index (χ3v) is 6.19. The third kappa shape index (κ3) is 5.04. The Hall–Kier alpha value is -3.30. The van der Waals surface area contributed by atoms with Crippen LogP contribution >= 0.6 is 0 Å². The molecular formula is C23H31N7O3. The van der Waals surface area contributed by atoms with Gasteiger partial charge in [0.05, 0.1) is 24.0 Å². The molecule has 33 heavy (non-hydrogen) atoms. The number of Topliss-reactive ketones (excluding diaryl/α,β-unsaturated/α-hetero) is 1. The zero-order chi connectivity index (χ0) is 23.7. The van der Waals surface area contributed by atoms with E-state index < -0.39 is 5.91 Å². The number of nitrogens with zero attached hydrogens (tertiary/aromatic N) is 6. The van der Waals surface area contributed by atoms with E-state index in [9.17, 15) is 14.4 Å². The van der Waals surface area contributed by atoms with Gasteiger partial charge in [-0.15, -0.1) is 0 Å². The standard InChI is InChI=1S/C23H31N7O3/c1-14(2)19(31)11-24-21(32)18-10-25-23(27-20(18)17-9-26-28(4)13-17)29-7-8-30(15(3)12-29)22(33)16-5-6-16/h9-10,13-16H,5-8,11-12H2,1-4H3,(H,24,32). The van der Waals surface area contributed by atoms with Crippen LogP contribution in [0, 0.1) is 11.8 Å². The van der Waals surface area contributed by atoms with E-state index in [0.717, 1.165) is 12.8 Å². The quantitative estimate of drug-likeness (QED) is 0.672. The Kier molecular flexibility index (Phi) is 6.44. The van der Waals surface area contributed by atoms with Gasteiger partial charge in [-0.1, -0.05) is 13.8 Å². The summed E-state index contributed by atoms with van der Waals surface area (Å²) in [5, 5.41) is 6.89. The van der Waals surface area contributed by atoms with Gasteiger partial charge in [0.25, 0.3) is 5.91 Å². The Morgan fingerprint density at radius 2 is 1.94 bits per heavy atom. The van der Waals surface area contributed by atoms with Crippen molar-refractivity contribution in [2.24, 2.45) is 18.9 Å². The molecule has 0 spiro atoms. The second-order valence-corrected chi connectivity index (χ2v) is 9.24. The molecule has 1 saturated carbocycles. The Balaban J connectivity index is 1.56. The second kappa shape index (κ2) is 9.29. The lowest BCUT2D eigenvalue weighted by molar-refractivity contribution is -0.135. The van der Waals surface area contributed by atoms with Crippen molar-refractivity contribution in [2.75, 3.05) is 31.1 Å². The molecule has 0 bridgehead atoms. The van der Waals surface area contributed by atoms with Gasteiger partial charge in [0, 0.05) is 62.5 Å². The van der Waals surface area contributed by atoms with E-state index in [0.29, 0.717) is 42.4 Å². The molecule has 4 rings (SSSR count). The highest BCUT2D eigenvalue weighted by Crippen LogP contribution is 2.32. The number of hydrogen-bond donors (Lipinski definition) is 1. The van der Waals surface area contributed by atoms with Crippen molar-refractivity contribution in [1.82, 2.24) is 30.0 Å². The predicted octanol–water partition coefficient (Wildman–Crippen LogP) is 1.28. The summed E-state index contributed by atoms with van der Waals surface area (Å²) in [5.74, 6) is 0.358. The van der Waals surface area contributed by atoms with Crippen molar-refractivity contribution in [1.29, 1.82) is 0 Å². The van der Waals surface area contributed by atoms with Gasteiger partial charge < -0.3 is 15.1 Å². The van der Waals surface area contributed by atoms with Gasteiger partial charge in [0.15, 0.2) is 5.78 Å². The van der Waals surface area contributed by atoms with Crippen LogP contribution in [0.3, 0.4) is 0 Å². The van der Waals surface area contributed by atoms with Crippen molar-refractivity contribution in [3.63, 3.8) is 0 Å². The number of carbonyl (C=O) groups excluding carboxylic acids is 3. The van der Waals surface area contributed by atoms with Crippen molar-refractivity contribution in [2.45, 2.75) is 39.7 Å². The first-order chi connectivity index (χ1) is 15.7. The molecule has 1 atom stereocenters. The summed E-state index contributed by atoms with van der Waals surface area (Å²) in [6.45, 7) is 7.48. The number of anilines is 1. The number of amides is 2. The maximum Gasteiger partial charge on any atom is 0.255 e. The minimum atomic E-state index is -0.400. The van der Waals surface area contributed by atoms with E-state index in [1.54, 1.807) is 38.0 Å². The monoisotopic (exact) mass is 453 g/mol. The molecule has 0 radical (unpaired) electrons. The van der Waals surface area contributed by atoms with E-state index in [1.165, 1.54) is 6.20 Å². The summed E-state index contributed by atoms with van der Waals surface area (Å²) in [6.07, 6.45) is 6.94. The SMILES string of the molecule is CC(C)C(=O)CNC(=O)c1cnc(N2CCN(C(=O)C3CC3)C(C)C2)nc1-c1cnn(C)c1. The molecule has 1 saturated heterocycles. The minimum absolute atomic E-state index is 0.0424. The van der Waals surface area contributed by atoms with Crippen LogP contribution < -0.4 is 10.2 Å². The van der Waals surface area contributed by atoms with Crippen LogP contribution in [-0.4, -0.2) is 74.5 Å². The fourth-order valence-electron chi connectivity index (χ4n) is 3.95. The first-order valence-electron chi connectivity index (χ1n) is 11.5. The summed E-state index contributed by atoms with van der Waals surface area (Å²) >= 11 is 0. The van der Waals surface area contributed by atoms with Gasteiger partial charge in [-0.2, -0.15) is 5.10 Å². The van der Waals surface area contributed by atoms with Crippen LogP contribution in [0.5, 0.6) is 0 Å². The number of nitrogens with one attached hydrogen (secondary N) is 1. The molecule has 0 aromatic carbocycles. The summed E-state index contributed by atoms with van der Waals surface area (Å²) in [5.41, 5.74) is 1.45. The van der Waals surface area contributed by atoms with Gasteiger partial charge in [0.2, 0.25) is 11.9 Å². The summed E-state index contributed by atoms with van der Waals surface area (Å²) < 4.78 is 1.64. The molecular weight excluding hydrogens is 422 g/mol. The fourth-order valence-corrected chi connectivity index (χ4v) is 3.95. The number of rotatable bonds is 7. The Morgan fingerprint density at radius 3 is 2.55 bits per heavy atom. The van der Waals surface area contributed by atoms with Gasteiger partial charge in [-0.3, -0.25) is 19.1 Å². The number of aryl methyl sites for hydroxylation is 1. The van der Waals surface area contributed by atoms with E-state index in [1.807, 2.05) is 16.7 Å². The molecule has 2 aromatic rings. The zero-order valence-electron chi connectivity index (χ0n) is 19.6. The number of ketones is 1. The van der Waals surface area contributed by atoms with Crippen molar-refractivity contribution >= 4 is 23.5 Å². The topological polar surface area (TPSA) is 113 Å². The van der Waals surface area contributed by atoms with E-state index >= 15 is 0 Å². The largest absolute Gasteiger partial charge is 0.345 e. The average Bonchev–Trinajstić information content (AvgIpc) is 3.56. The van der Waals surface area contributed by atoms with Gasteiger partial charge in [0.1, 0.15) is 0 Å². The Bertz CT molecular complexity index is 1060. The highest BCUT2D eigenvalue weighted by molar-refractivity contribution is 6.01. The average molecular weight is 454 g/mol. The lowest BCUT2D eigenvalue weighted by Crippen LogP contribution is -2.55. The highest BCUT2D eigenvalue weighted by Gasteiger charge is 2.37. The second-order valence-electron chi connectivity index (χ2n) is 9.24. The van der Waals surface area contributed by atoms with Crippen LogP contribution in [0.15, 0.2) is 18.6 Å². The summed E-state index contributed by atoms with van der Waals surface area (Å²) in [7, 11) is 1.80. The van der Waals surface area contributed by atoms with E-state index in [4.69, 9.17) is 4.98 Å². The van der Waals surface area contributed by atoms with Crippen LogP contribution in [0.2, 0.25) is 0 Å². The van der Waals surface area contributed by atoms with Gasteiger partial charge in [-0.25, -0.2) is 9.97 Å². The third-order valence-electron chi connectivity index (χ3n) is 6.19. The lowest BCUT2D eigenvalue weighted by Gasteiger charge is -2.40. The number of piperazine rings is 1. The molecule has 1 aliphatic heterocycles. The molecule has 1 N–H and O–H groups in total. The molecule has 10 nitrogen and oxygen atoms in total. The number of carbonyl (C=O) groups is 3. The molecule has 1 unspecified atom stereocenters. The molecule has 2 amide bonds. The Morgan fingerprint density at radius 1 is 1.18 bits per heavy atom. The van der Waals surface area contributed by atoms with Crippen molar-refractivity contribution < 1.29 is 14.4 Å². The van der Waals surface area contributed by atoms with Crippen LogP contribution in [-0.2, 0) is 16.6 Å². The number of aromatic nitrogens is 4. The molecule has 2 fully saturated rings. The predicted molar refractivity (Wildman–Crippen MR) is 123 cm³/mol. The first kappa shape index (κ1) is 22.9. The minimum Gasteiger partial charge on any atom is -0.345 e. The first-order valence-corrected chi connectivity index (χ1v) is 11.5. The van der Waals surface area contributed by atoms with Crippen molar-refractivity contribution in [3.05, 3.63) is 24.2 Å². The molecule has 1 aliphatic carbocycles. The molecule has 2 aromatic heterocycles. The summed E-state index contributed by atoms with van der Waals surface area (Å²) in [6, 6.07) is 0.0577. The van der Waals surface area contributed by atoms with E-state index in [2.05, 4.69) is 15.4 Å². The lowest BCUT2D eigenvalue weighted by atomic mass is 10.1. The van der Waals surface area contributed by atoms with Crippen LogP contribution in [0.4, 0.5) is 5.95 Å². The maximum absolute atomic E-state index is 12.9. The fraction of sp³-hybridized carbons (Fsp3) is 0.565. The van der Waals surface area contributed by atoms with Crippen molar-refractivity contribution in [3.8, 4) is 11.3 Å². The normalized spacial score (nSPS) is 18.5. The Labute approximate surface area is 193 Å². The smallest absolute Gasteiger partial charge is 0.255 e. The van der Waals surface area contributed by atoms with Crippen LogP contribution in [0.25, 0.3) is 11.3 Å². The molecule has 10 heteroatoms. The summed E-state index contributed by atoms with van der Waals surface area (Å²) in [4.78, 5) is 50.6. The van der Waals surface area contributed by atoms with E-state index in [-0.39, 0.29) is 36.1 Å². The number of hydrogen-bond acceptors (Lipinski definition) is 7. The molecule has 176 valence electrons. The highest BCUT2D eigenvalue weighted by atomic mass is 16.2. The maximum atomic E-state index is 12.9. The molecule has 2 aliphatic rings. The zero-order valence-corrected chi connectivity index (χ0v) is 19.6. The molecule has 3 heterocycles.